The highest BCUT2D eigenvalue weighted by Crippen LogP contribution is 2.32. The van der Waals surface area contributed by atoms with Crippen LogP contribution in [0.1, 0.15) is 52.5 Å². The summed E-state index contributed by atoms with van der Waals surface area (Å²) in [7, 11) is -3.33. The highest BCUT2D eigenvalue weighted by Gasteiger charge is 2.34. The van der Waals surface area contributed by atoms with Crippen molar-refractivity contribution < 1.29 is 22.8 Å². The second-order valence-electron chi connectivity index (χ2n) is 7.88. The quantitative estimate of drug-likeness (QED) is 0.647. The smallest absolute Gasteiger partial charge is 0.261 e. The van der Waals surface area contributed by atoms with E-state index in [2.05, 4.69) is 5.32 Å². The number of benzene rings is 2. The van der Waals surface area contributed by atoms with Crippen LogP contribution in [0.2, 0.25) is 0 Å². The Morgan fingerprint density at radius 3 is 2.41 bits per heavy atom. The minimum Gasteiger partial charge on any atom is -0.326 e. The van der Waals surface area contributed by atoms with Crippen LogP contribution in [0.25, 0.3) is 0 Å². The number of hydrogen-bond donors (Lipinski definition) is 1. The Morgan fingerprint density at radius 2 is 1.75 bits per heavy atom. The van der Waals surface area contributed by atoms with Crippen molar-refractivity contribution in [1.29, 1.82) is 0 Å². The molecule has 2 aliphatic heterocycles. The van der Waals surface area contributed by atoms with Crippen LogP contribution >= 0.6 is 0 Å². The van der Waals surface area contributed by atoms with Gasteiger partial charge >= 0.3 is 0 Å². The molecule has 3 amide bonds. The van der Waals surface area contributed by atoms with Crippen molar-refractivity contribution in [3.05, 3.63) is 59.2 Å². The number of aryl methyl sites for hydroxylation is 1. The Labute approximate surface area is 187 Å². The van der Waals surface area contributed by atoms with Gasteiger partial charge in [0.1, 0.15) is 0 Å². The molecule has 0 spiro atoms. The van der Waals surface area contributed by atoms with E-state index in [9.17, 15) is 22.8 Å². The number of rotatable bonds is 7. The van der Waals surface area contributed by atoms with Crippen LogP contribution in [0.15, 0.2) is 42.5 Å². The fourth-order valence-corrected chi connectivity index (χ4v) is 5.35. The number of fused-ring (bicyclic) bond motifs is 2. The van der Waals surface area contributed by atoms with Crippen molar-refractivity contribution in [3.8, 4) is 0 Å². The van der Waals surface area contributed by atoms with Crippen molar-refractivity contribution in [2.45, 2.75) is 32.6 Å². The summed E-state index contributed by atoms with van der Waals surface area (Å²) in [6.07, 6.45) is 1.98. The number of hydrogen-bond acceptors (Lipinski definition) is 5. The summed E-state index contributed by atoms with van der Waals surface area (Å²) in [6, 6.07) is 11.9. The molecule has 2 aromatic rings. The van der Waals surface area contributed by atoms with Gasteiger partial charge in [0.15, 0.2) is 0 Å². The van der Waals surface area contributed by atoms with Gasteiger partial charge in [-0.1, -0.05) is 12.1 Å². The van der Waals surface area contributed by atoms with E-state index in [-0.39, 0.29) is 36.4 Å². The minimum absolute atomic E-state index is 0.0397. The highest BCUT2D eigenvalue weighted by molar-refractivity contribution is 7.92. The van der Waals surface area contributed by atoms with E-state index in [1.807, 2.05) is 6.07 Å². The third-order valence-corrected chi connectivity index (χ3v) is 7.58. The van der Waals surface area contributed by atoms with E-state index in [4.69, 9.17) is 0 Å². The van der Waals surface area contributed by atoms with Crippen molar-refractivity contribution in [2.75, 3.05) is 28.5 Å². The lowest BCUT2D eigenvalue weighted by Gasteiger charge is -2.30. The van der Waals surface area contributed by atoms with E-state index in [0.29, 0.717) is 35.5 Å². The first-order valence-corrected chi connectivity index (χ1v) is 12.3. The maximum Gasteiger partial charge on any atom is 0.261 e. The van der Waals surface area contributed by atoms with Crippen molar-refractivity contribution in [3.63, 3.8) is 0 Å². The zero-order valence-corrected chi connectivity index (χ0v) is 18.7. The number of anilines is 2. The topological polar surface area (TPSA) is 104 Å². The molecule has 0 saturated carbocycles. The van der Waals surface area contributed by atoms with Gasteiger partial charge in [0.05, 0.1) is 22.6 Å². The number of amides is 3. The summed E-state index contributed by atoms with van der Waals surface area (Å²) < 4.78 is 26.1. The SMILES string of the molecule is CCS(=O)(=O)N1CCCc2cc(NC(=O)CCCN3C(=O)c4ccccc4C3=O)ccc21. The molecule has 0 unspecified atom stereocenters. The van der Waals surface area contributed by atoms with E-state index in [1.165, 1.54) is 9.21 Å². The van der Waals surface area contributed by atoms with Crippen LogP contribution in [0.4, 0.5) is 11.4 Å². The Morgan fingerprint density at radius 1 is 1.06 bits per heavy atom. The van der Waals surface area contributed by atoms with Gasteiger partial charge in [0.25, 0.3) is 11.8 Å². The first-order chi connectivity index (χ1) is 15.3. The molecule has 1 N–H and O–H groups in total. The van der Waals surface area contributed by atoms with Crippen LogP contribution in [0, 0.1) is 0 Å². The predicted molar refractivity (Wildman–Crippen MR) is 121 cm³/mol. The molecular formula is C23H25N3O5S. The predicted octanol–water partition coefficient (Wildman–Crippen LogP) is 2.80. The number of nitrogens with zero attached hydrogens (tertiary/aromatic N) is 2. The summed E-state index contributed by atoms with van der Waals surface area (Å²) in [5.74, 6) is -0.840. The molecule has 2 heterocycles. The van der Waals surface area contributed by atoms with Crippen LogP contribution < -0.4 is 9.62 Å². The van der Waals surface area contributed by atoms with Gasteiger partial charge in [-0.3, -0.25) is 23.6 Å². The lowest BCUT2D eigenvalue weighted by Crippen LogP contribution is -2.36. The average molecular weight is 456 g/mol. The van der Waals surface area contributed by atoms with Gasteiger partial charge in [-0.15, -0.1) is 0 Å². The first-order valence-electron chi connectivity index (χ1n) is 10.7. The molecule has 0 atom stereocenters. The molecule has 2 aliphatic rings. The average Bonchev–Trinajstić information content (AvgIpc) is 3.03. The van der Waals surface area contributed by atoms with Gasteiger partial charge in [-0.25, -0.2) is 8.42 Å². The van der Waals surface area contributed by atoms with Gasteiger partial charge in [0.2, 0.25) is 15.9 Å². The number of imide groups is 1. The zero-order valence-electron chi connectivity index (χ0n) is 17.8. The fraction of sp³-hybridized carbons (Fsp3) is 0.348. The maximum atomic E-state index is 12.4. The summed E-state index contributed by atoms with van der Waals surface area (Å²) >= 11 is 0. The number of carbonyl (C=O) groups excluding carboxylic acids is 3. The van der Waals surface area contributed by atoms with Crippen molar-refractivity contribution >= 4 is 39.1 Å². The van der Waals surface area contributed by atoms with Gasteiger partial charge in [-0.2, -0.15) is 0 Å². The summed E-state index contributed by atoms with van der Waals surface area (Å²) in [5.41, 5.74) is 2.95. The van der Waals surface area contributed by atoms with Crippen molar-refractivity contribution in [1.82, 2.24) is 4.90 Å². The van der Waals surface area contributed by atoms with Crippen LogP contribution in [-0.2, 0) is 21.2 Å². The summed E-state index contributed by atoms with van der Waals surface area (Å²) in [6.45, 7) is 2.26. The largest absolute Gasteiger partial charge is 0.326 e. The van der Waals surface area contributed by atoms with Crippen LogP contribution in [-0.4, -0.2) is 49.9 Å². The van der Waals surface area contributed by atoms with E-state index in [1.54, 1.807) is 43.3 Å². The Hall–Kier alpha value is -3.20. The van der Waals surface area contributed by atoms with E-state index < -0.39 is 10.0 Å². The number of sulfonamides is 1. The minimum atomic E-state index is -3.33. The van der Waals surface area contributed by atoms with Crippen molar-refractivity contribution in [2.24, 2.45) is 0 Å². The fourth-order valence-electron chi connectivity index (χ4n) is 4.15. The molecule has 2 aromatic carbocycles. The molecule has 0 saturated heterocycles. The monoisotopic (exact) mass is 455 g/mol. The number of nitrogens with one attached hydrogen (secondary N) is 1. The number of carbonyl (C=O) groups is 3. The molecule has 0 aromatic heterocycles. The van der Waals surface area contributed by atoms with Gasteiger partial charge < -0.3 is 5.32 Å². The third-order valence-electron chi connectivity index (χ3n) is 5.80. The molecule has 0 aliphatic carbocycles. The molecule has 0 radical (unpaired) electrons. The van der Waals surface area contributed by atoms with E-state index >= 15 is 0 Å². The maximum absolute atomic E-state index is 12.4. The second-order valence-corrected chi connectivity index (χ2v) is 10.1. The van der Waals surface area contributed by atoms with Crippen LogP contribution in [0.3, 0.4) is 0 Å². The molecule has 168 valence electrons. The Balaban J connectivity index is 1.34. The van der Waals surface area contributed by atoms with Crippen LogP contribution in [0.5, 0.6) is 0 Å². The summed E-state index contributed by atoms with van der Waals surface area (Å²) in [5, 5.41) is 2.83. The Bertz CT molecular complexity index is 1160. The van der Waals surface area contributed by atoms with Gasteiger partial charge in [-0.05, 0) is 62.1 Å². The molecule has 0 fully saturated rings. The van der Waals surface area contributed by atoms with Gasteiger partial charge in [0, 0.05) is 25.2 Å². The summed E-state index contributed by atoms with van der Waals surface area (Å²) in [4.78, 5) is 38.4. The standard InChI is InChI=1S/C23H25N3O5S/c1-2-32(30,31)26-14-5-7-16-15-17(11-12-20(16)26)24-21(27)10-6-13-25-22(28)18-8-3-4-9-19(18)23(25)29/h3-4,8-9,11-12,15H,2,5-7,10,13-14H2,1H3,(H,24,27). The molecular weight excluding hydrogens is 430 g/mol. The normalized spacial score (nSPS) is 15.5. The highest BCUT2D eigenvalue weighted by atomic mass is 32.2. The third kappa shape index (κ3) is 4.12. The molecule has 8 nitrogen and oxygen atoms in total. The lowest BCUT2D eigenvalue weighted by molar-refractivity contribution is -0.116. The first kappa shape index (κ1) is 22.0. The molecule has 32 heavy (non-hydrogen) atoms. The Kier molecular flexibility index (Phi) is 6.01. The zero-order chi connectivity index (χ0) is 22.9. The molecule has 4 rings (SSSR count). The second kappa shape index (κ2) is 8.74. The molecule has 9 heteroatoms. The molecule has 0 bridgehead atoms. The lowest BCUT2D eigenvalue weighted by atomic mass is 10.0. The van der Waals surface area contributed by atoms with E-state index in [0.717, 1.165) is 18.4 Å².